The van der Waals surface area contributed by atoms with E-state index in [0.717, 1.165) is 22.3 Å². The van der Waals surface area contributed by atoms with Crippen molar-refractivity contribution < 1.29 is 24.2 Å². The second kappa shape index (κ2) is 10.2. The van der Waals surface area contributed by atoms with Crippen molar-refractivity contribution in [3.63, 3.8) is 0 Å². The average molecular weight is 463 g/mol. The first-order valence-electron chi connectivity index (χ1n) is 11.1. The molecule has 1 aliphatic rings. The summed E-state index contributed by atoms with van der Waals surface area (Å²) < 4.78 is 6.74. The Kier molecular flexibility index (Phi) is 6.91. The van der Waals surface area contributed by atoms with Crippen molar-refractivity contribution in [2.24, 2.45) is 5.92 Å². The van der Waals surface area contributed by atoms with Gasteiger partial charge in [-0.1, -0.05) is 55.5 Å². The number of ether oxygens (including phenoxy) is 1. The van der Waals surface area contributed by atoms with Crippen LogP contribution in [-0.4, -0.2) is 46.0 Å². The molecule has 0 saturated heterocycles. The molecule has 9 nitrogen and oxygen atoms in total. The SMILES string of the molecule is CCC(CNC(=O)OCC1c2ccccc2-c2ccccc21)C(=O)Nc1cnn(CC(=O)O)c1. The van der Waals surface area contributed by atoms with Crippen molar-refractivity contribution in [2.75, 3.05) is 18.5 Å². The maximum absolute atomic E-state index is 12.6. The lowest BCUT2D eigenvalue weighted by atomic mass is 9.98. The molecule has 0 spiro atoms. The summed E-state index contributed by atoms with van der Waals surface area (Å²) in [7, 11) is 0. The lowest BCUT2D eigenvalue weighted by Gasteiger charge is -2.17. The molecule has 1 aromatic heterocycles. The van der Waals surface area contributed by atoms with E-state index in [0.29, 0.717) is 12.1 Å². The van der Waals surface area contributed by atoms with Crippen LogP contribution < -0.4 is 10.6 Å². The molecule has 0 fully saturated rings. The van der Waals surface area contributed by atoms with Gasteiger partial charge in [-0.05, 0) is 28.7 Å². The molecule has 9 heteroatoms. The highest BCUT2D eigenvalue weighted by atomic mass is 16.5. The second-order valence-corrected chi connectivity index (χ2v) is 8.12. The van der Waals surface area contributed by atoms with Crippen molar-refractivity contribution >= 4 is 23.7 Å². The van der Waals surface area contributed by atoms with Crippen LogP contribution in [0, 0.1) is 5.92 Å². The third-order valence-corrected chi connectivity index (χ3v) is 5.90. The molecule has 2 aromatic carbocycles. The van der Waals surface area contributed by atoms with E-state index in [1.54, 1.807) is 0 Å². The van der Waals surface area contributed by atoms with E-state index < -0.39 is 18.0 Å². The number of amides is 2. The summed E-state index contributed by atoms with van der Waals surface area (Å²) in [6.07, 6.45) is 2.74. The fourth-order valence-corrected chi connectivity index (χ4v) is 4.18. The zero-order valence-electron chi connectivity index (χ0n) is 18.7. The third kappa shape index (κ3) is 5.09. The monoisotopic (exact) mass is 462 g/mol. The number of alkyl carbamates (subject to hydrolysis) is 1. The quantitative estimate of drug-likeness (QED) is 0.448. The van der Waals surface area contributed by atoms with E-state index in [1.165, 1.54) is 17.1 Å². The van der Waals surface area contributed by atoms with Gasteiger partial charge in [0.25, 0.3) is 0 Å². The lowest BCUT2D eigenvalue weighted by molar-refractivity contribution is -0.137. The Hall–Kier alpha value is -4.14. The summed E-state index contributed by atoms with van der Waals surface area (Å²) in [4.78, 5) is 35.7. The van der Waals surface area contributed by atoms with Gasteiger partial charge in [0, 0.05) is 18.7 Å². The van der Waals surface area contributed by atoms with Crippen LogP contribution in [0.2, 0.25) is 0 Å². The summed E-state index contributed by atoms with van der Waals surface area (Å²) in [5, 5.41) is 18.1. The fourth-order valence-electron chi connectivity index (χ4n) is 4.18. The topological polar surface area (TPSA) is 123 Å². The number of carbonyl (C=O) groups excluding carboxylic acids is 2. The van der Waals surface area contributed by atoms with Crippen molar-refractivity contribution in [2.45, 2.75) is 25.8 Å². The maximum atomic E-state index is 12.6. The number of aliphatic carboxylic acids is 1. The molecule has 3 aromatic rings. The number of aromatic nitrogens is 2. The summed E-state index contributed by atoms with van der Waals surface area (Å²) in [5.74, 6) is -1.84. The van der Waals surface area contributed by atoms with Crippen molar-refractivity contribution in [1.29, 1.82) is 0 Å². The number of hydrogen-bond donors (Lipinski definition) is 3. The fraction of sp³-hybridized carbons (Fsp3) is 0.280. The van der Waals surface area contributed by atoms with E-state index in [9.17, 15) is 14.4 Å². The van der Waals surface area contributed by atoms with Crippen LogP contribution in [0.3, 0.4) is 0 Å². The molecule has 4 rings (SSSR count). The number of carboxylic acid groups (broad SMARTS) is 1. The summed E-state index contributed by atoms with van der Waals surface area (Å²) in [5.41, 5.74) is 4.96. The van der Waals surface area contributed by atoms with Gasteiger partial charge in [-0.25, -0.2) is 4.79 Å². The van der Waals surface area contributed by atoms with E-state index in [4.69, 9.17) is 9.84 Å². The predicted octanol–water partition coefficient (Wildman–Crippen LogP) is 3.47. The highest BCUT2D eigenvalue weighted by Crippen LogP contribution is 2.44. The van der Waals surface area contributed by atoms with Gasteiger partial charge >= 0.3 is 12.1 Å². The summed E-state index contributed by atoms with van der Waals surface area (Å²) in [6, 6.07) is 16.2. The van der Waals surface area contributed by atoms with Gasteiger partial charge in [-0.2, -0.15) is 5.10 Å². The van der Waals surface area contributed by atoms with Gasteiger partial charge in [0.05, 0.1) is 17.8 Å². The Morgan fingerprint density at radius 2 is 1.74 bits per heavy atom. The smallest absolute Gasteiger partial charge is 0.407 e. The van der Waals surface area contributed by atoms with Crippen LogP contribution in [0.5, 0.6) is 0 Å². The van der Waals surface area contributed by atoms with Crippen molar-refractivity contribution in [1.82, 2.24) is 15.1 Å². The number of hydrogen-bond acceptors (Lipinski definition) is 5. The molecule has 1 atom stereocenters. The number of benzene rings is 2. The summed E-state index contributed by atoms with van der Waals surface area (Å²) in [6.45, 7) is 1.86. The minimum atomic E-state index is -1.03. The second-order valence-electron chi connectivity index (χ2n) is 8.12. The Bertz CT molecular complexity index is 1160. The molecule has 1 aliphatic carbocycles. The van der Waals surface area contributed by atoms with Gasteiger partial charge in [0.2, 0.25) is 5.91 Å². The molecule has 2 amide bonds. The van der Waals surface area contributed by atoms with Crippen molar-refractivity contribution in [3.05, 3.63) is 72.1 Å². The highest BCUT2D eigenvalue weighted by molar-refractivity contribution is 5.92. The van der Waals surface area contributed by atoms with E-state index in [1.807, 2.05) is 31.2 Å². The Balaban J connectivity index is 1.30. The van der Waals surface area contributed by atoms with Crippen molar-refractivity contribution in [3.8, 4) is 11.1 Å². The first-order chi connectivity index (χ1) is 16.5. The number of anilines is 1. The number of rotatable bonds is 9. The average Bonchev–Trinajstić information content (AvgIpc) is 3.39. The van der Waals surface area contributed by atoms with E-state index in [-0.39, 0.29) is 31.5 Å². The molecular formula is C25H26N4O5. The number of carboxylic acids is 1. The molecule has 0 aliphatic heterocycles. The maximum Gasteiger partial charge on any atom is 0.407 e. The molecule has 34 heavy (non-hydrogen) atoms. The number of fused-ring (bicyclic) bond motifs is 3. The summed E-state index contributed by atoms with van der Waals surface area (Å²) >= 11 is 0. The van der Waals surface area contributed by atoms with Crippen LogP contribution in [0.4, 0.5) is 10.5 Å². The third-order valence-electron chi connectivity index (χ3n) is 5.90. The molecule has 0 radical (unpaired) electrons. The molecule has 0 saturated carbocycles. The molecule has 176 valence electrons. The van der Waals surface area contributed by atoms with E-state index in [2.05, 4.69) is 40.0 Å². The first-order valence-corrected chi connectivity index (χ1v) is 11.1. The molecule has 1 heterocycles. The standard InChI is InChI=1S/C25H26N4O5/c1-2-16(24(32)28-17-12-27-29(13-17)14-23(30)31)11-26-25(33)34-15-22-20-9-5-3-7-18(20)19-8-4-6-10-21(19)22/h3-10,12-13,16,22H,2,11,14-15H2,1H3,(H,26,33)(H,28,32)(H,30,31). The lowest BCUT2D eigenvalue weighted by Crippen LogP contribution is -2.36. The van der Waals surface area contributed by atoms with Gasteiger partial charge in [-0.15, -0.1) is 0 Å². The number of nitrogens with one attached hydrogen (secondary N) is 2. The van der Waals surface area contributed by atoms with Crippen LogP contribution in [0.1, 0.15) is 30.4 Å². The van der Waals surface area contributed by atoms with E-state index >= 15 is 0 Å². The minimum Gasteiger partial charge on any atom is -0.480 e. The highest BCUT2D eigenvalue weighted by Gasteiger charge is 2.29. The zero-order chi connectivity index (χ0) is 24.1. The molecular weight excluding hydrogens is 436 g/mol. The van der Waals surface area contributed by atoms with Gasteiger partial charge in [0.15, 0.2) is 0 Å². The number of carbonyl (C=O) groups is 3. The van der Waals surface area contributed by atoms with Crippen LogP contribution >= 0.6 is 0 Å². The van der Waals surface area contributed by atoms with Crippen LogP contribution in [0.15, 0.2) is 60.9 Å². The number of nitrogens with zero attached hydrogens (tertiary/aromatic N) is 2. The van der Waals surface area contributed by atoms with Gasteiger partial charge in [0.1, 0.15) is 13.2 Å². The Morgan fingerprint density at radius 3 is 2.35 bits per heavy atom. The normalized spacial score (nSPS) is 13.0. The molecule has 3 N–H and O–H groups in total. The first kappa shape index (κ1) is 23.0. The Labute approximate surface area is 196 Å². The van der Waals surface area contributed by atoms with Crippen LogP contribution in [0.25, 0.3) is 11.1 Å². The predicted molar refractivity (Wildman–Crippen MR) is 125 cm³/mol. The van der Waals surface area contributed by atoms with Gasteiger partial charge in [-0.3, -0.25) is 14.3 Å². The minimum absolute atomic E-state index is 0.0363. The Morgan fingerprint density at radius 1 is 1.09 bits per heavy atom. The van der Waals surface area contributed by atoms with Crippen LogP contribution in [-0.2, 0) is 20.9 Å². The largest absolute Gasteiger partial charge is 0.480 e. The van der Waals surface area contributed by atoms with Gasteiger partial charge < -0.3 is 20.5 Å². The zero-order valence-corrected chi connectivity index (χ0v) is 18.7. The molecule has 1 unspecified atom stereocenters. The molecule has 0 bridgehead atoms.